The Hall–Kier alpha value is -3.46. The third-order valence-electron chi connectivity index (χ3n) is 3.70. The van der Waals surface area contributed by atoms with Crippen LogP contribution in [-0.4, -0.2) is 35.7 Å². The lowest BCUT2D eigenvalue weighted by atomic mass is 10.3. The molecule has 0 saturated carbocycles. The molecule has 0 bridgehead atoms. The number of nitrogens with zero attached hydrogens (tertiary/aromatic N) is 6. The molecule has 2 aromatic carbocycles. The topological polar surface area (TPSA) is 90.5 Å². The summed E-state index contributed by atoms with van der Waals surface area (Å²) >= 11 is 1.50. The normalized spacial score (nSPS) is 10.7. The summed E-state index contributed by atoms with van der Waals surface area (Å²) in [5, 5.41) is 19.9. The molecular formula is C18H15N7OS. The minimum absolute atomic E-state index is 0.247. The van der Waals surface area contributed by atoms with Gasteiger partial charge in [-0.15, -0.1) is 15.3 Å². The molecule has 0 radical (unpaired) electrons. The molecule has 4 aromatic rings. The Bertz CT molecular complexity index is 1060. The van der Waals surface area contributed by atoms with Crippen LogP contribution < -0.4 is 5.32 Å². The highest BCUT2D eigenvalue weighted by atomic mass is 32.2. The van der Waals surface area contributed by atoms with Crippen molar-refractivity contribution in [1.82, 2.24) is 29.8 Å². The van der Waals surface area contributed by atoms with Gasteiger partial charge in [-0.05, 0) is 48.2 Å². The molecule has 0 atom stereocenters. The molecule has 1 amide bonds. The Morgan fingerprint density at radius 1 is 1.07 bits per heavy atom. The molecule has 134 valence electrons. The maximum absolute atomic E-state index is 12.4. The summed E-state index contributed by atoms with van der Waals surface area (Å²) in [5.74, 6) is -0.314. The van der Waals surface area contributed by atoms with E-state index in [1.54, 1.807) is 6.33 Å². The van der Waals surface area contributed by atoms with Crippen LogP contribution in [0.1, 0.15) is 10.5 Å². The number of nitrogens with one attached hydrogen (secondary N) is 1. The van der Waals surface area contributed by atoms with E-state index in [4.69, 9.17) is 0 Å². The summed E-state index contributed by atoms with van der Waals surface area (Å²) in [6.45, 7) is 0. The summed E-state index contributed by atoms with van der Waals surface area (Å²) in [6.07, 6.45) is 3.10. The molecule has 0 unspecified atom stereocenters. The van der Waals surface area contributed by atoms with Crippen LogP contribution in [0.4, 0.5) is 5.69 Å². The Morgan fingerprint density at radius 2 is 1.85 bits per heavy atom. The number of carbonyl (C=O) groups excluding carboxylic acids is 1. The number of para-hydroxylation sites is 1. The fourth-order valence-electron chi connectivity index (χ4n) is 2.32. The number of rotatable bonds is 5. The predicted molar refractivity (Wildman–Crippen MR) is 101 cm³/mol. The second-order valence-electron chi connectivity index (χ2n) is 5.66. The highest BCUT2D eigenvalue weighted by Crippen LogP contribution is 2.26. The molecule has 27 heavy (non-hydrogen) atoms. The van der Waals surface area contributed by atoms with Gasteiger partial charge in [0.25, 0.3) is 5.91 Å². The van der Waals surface area contributed by atoms with Gasteiger partial charge in [-0.25, -0.2) is 0 Å². The average Bonchev–Trinajstić information content (AvgIpc) is 3.34. The van der Waals surface area contributed by atoms with E-state index in [0.29, 0.717) is 5.69 Å². The van der Waals surface area contributed by atoms with Crippen LogP contribution in [0, 0.1) is 0 Å². The zero-order chi connectivity index (χ0) is 18.6. The molecule has 0 saturated heterocycles. The smallest absolute Gasteiger partial charge is 0.277 e. The van der Waals surface area contributed by atoms with Crippen LogP contribution in [0.3, 0.4) is 0 Å². The molecule has 0 fully saturated rings. The first-order valence-electron chi connectivity index (χ1n) is 8.10. The molecule has 0 aliphatic carbocycles. The van der Waals surface area contributed by atoms with E-state index in [1.807, 2.05) is 66.2 Å². The predicted octanol–water partition coefficient (Wildman–Crippen LogP) is 2.80. The Balaban J connectivity index is 1.42. The lowest BCUT2D eigenvalue weighted by Gasteiger charge is -2.05. The van der Waals surface area contributed by atoms with Gasteiger partial charge >= 0.3 is 0 Å². The van der Waals surface area contributed by atoms with Gasteiger partial charge in [0.1, 0.15) is 6.33 Å². The maximum Gasteiger partial charge on any atom is 0.277 e. The number of hydrogen-bond acceptors (Lipinski definition) is 6. The van der Waals surface area contributed by atoms with Gasteiger partial charge in [0, 0.05) is 17.6 Å². The number of amides is 1. The van der Waals surface area contributed by atoms with Crippen LogP contribution in [-0.2, 0) is 7.05 Å². The third-order valence-corrected chi connectivity index (χ3v) is 4.76. The van der Waals surface area contributed by atoms with Crippen LogP contribution >= 0.6 is 11.8 Å². The van der Waals surface area contributed by atoms with Gasteiger partial charge in [-0.2, -0.15) is 9.90 Å². The van der Waals surface area contributed by atoms with Gasteiger partial charge < -0.3 is 9.88 Å². The highest BCUT2D eigenvalue weighted by Gasteiger charge is 2.12. The summed E-state index contributed by atoms with van der Waals surface area (Å²) < 4.78 is 1.84. The van der Waals surface area contributed by atoms with Crippen molar-refractivity contribution in [3.05, 3.63) is 72.8 Å². The third kappa shape index (κ3) is 3.87. The van der Waals surface area contributed by atoms with Crippen LogP contribution in [0.25, 0.3) is 5.69 Å². The largest absolute Gasteiger partial charge is 0.321 e. The van der Waals surface area contributed by atoms with E-state index < -0.39 is 0 Å². The van der Waals surface area contributed by atoms with Crippen molar-refractivity contribution in [3.63, 3.8) is 0 Å². The van der Waals surface area contributed by atoms with Crippen molar-refractivity contribution >= 4 is 23.4 Å². The second kappa shape index (κ2) is 7.42. The molecule has 0 aliphatic rings. The quantitative estimate of drug-likeness (QED) is 0.575. The number of hydrogen-bond donors (Lipinski definition) is 1. The van der Waals surface area contributed by atoms with Crippen LogP contribution in [0.5, 0.6) is 0 Å². The first-order chi connectivity index (χ1) is 13.2. The Labute approximate surface area is 159 Å². The van der Waals surface area contributed by atoms with E-state index in [2.05, 4.69) is 25.7 Å². The fraction of sp³-hybridized carbons (Fsp3) is 0.0556. The van der Waals surface area contributed by atoms with E-state index >= 15 is 0 Å². The summed E-state index contributed by atoms with van der Waals surface area (Å²) in [6, 6.07) is 16.9. The summed E-state index contributed by atoms with van der Waals surface area (Å²) in [7, 11) is 1.89. The summed E-state index contributed by atoms with van der Waals surface area (Å²) in [4.78, 5) is 14.8. The van der Waals surface area contributed by atoms with Crippen molar-refractivity contribution < 1.29 is 4.79 Å². The monoisotopic (exact) mass is 377 g/mol. The number of benzene rings is 2. The number of aryl methyl sites for hydroxylation is 1. The molecule has 9 heteroatoms. The number of anilines is 1. The SMILES string of the molecule is Cn1cnnc1Sc1ccc(NC(=O)c2cnn(-c3ccccc3)n2)cc1. The first-order valence-corrected chi connectivity index (χ1v) is 8.92. The molecule has 1 N–H and O–H groups in total. The van der Waals surface area contributed by atoms with E-state index in [0.717, 1.165) is 15.7 Å². The average molecular weight is 377 g/mol. The molecule has 0 spiro atoms. The molecule has 2 aromatic heterocycles. The van der Waals surface area contributed by atoms with Crippen molar-refractivity contribution in [3.8, 4) is 5.69 Å². The van der Waals surface area contributed by atoms with Gasteiger partial charge in [-0.3, -0.25) is 4.79 Å². The molecule has 8 nitrogen and oxygen atoms in total. The molecular weight excluding hydrogens is 362 g/mol. The van der Waals surface area contributed by atoms with Gasteiger partial charge in [0.2, 0.25) is 0 Å². The van der Waals surface area contributed by atoms with Crippen molar-refractivity contribution in [2.24, 2.45) is 7.05 Å². The number of carbonyl (C=O) groups is 1. The van der Waals surface area contributed by atoms with Crippen molar-refractivity contribution in [1.29, 1.82) is 0 Å². The first kappa shape index (κ1) is 17.0. The van der Waals surface area contributed by atoms with Crippen LogP contribution in [0.2, 0.25) is 0 Å². The Kier molecular flexibility index (Phi) is 4.67. The lowest BCUT2D eigenvalue weighted by molar-refractivity contribution is 0.102. The zero-order valence-corrected chi connectivity index (χ0v) is 15.2. The molecule has 2 heterocycles. The van der Waals surface area contributed by atoms with Gasteiger partial charge in [0.15, 0.2) is 10.9 Å². The fourth-order valence-corrected chi connectivity index (χ4v) is 3.09. The van der Waals surface area contributed by atoms with E-state index in [-0.39, 0.29) is 11.6 Å². The van der Waals surface area contributed by atoms with Crippen molar-refractivity contribution in [2.45, 2.75) is 10.1 Å². The maximum atomic E-state index is 12.4. The molecule has 0 aliphatic heterocycles. The van der Waals surface area contributed by atoms with E-state index in [9.17, 15) is 4.79 Å². The molecule has 4 rings (SSSR count). The second-order valence-corrected chi connectivity index (χ2v) is 6.70. The van der Waals surface area contributed by atoms with E-state index in [1.165, 1.54) is 22.8 Å². The van der Waals surface area contributed by atoms with Crippen LogP contribution in [0.15, 0.2) is 77.2 Å². The minimum atomic E-state index is -0.314. The van der Waals surface area contributed by atoms with Gasteiger partial charge in [-0.1, -0.05) is 18.2 Å². The lowest BCUT2D eigenvalue weighted by Crippen LogP contribution is -2.13. The summed E-state index contributed by atoms with van der Waals surface area (Å²) in [5.41, 5.74) is 1.72. The van der Waals surface area contributed by atoms with Crippen molar-refractivity contribution in [2.75, 3.05) is 5.32 Å². The highest BCUT2D eigenvalue weighted by molar-refractivity contribution is 7.99. The van der Waals surface area contributed by atoms with Gasteiger partial charge in [0.05, 0.1) is 11.9 Å². The standard InChI is InChI=1S/C18H15N7OS/c1-24-12-19-22-18(24)27-15-9-7-13(8-10-15)21-17(26)16-11-20-25(23-16)14-5-3-2-4-6-14/h2-12H,1H3,(H,21,26). The Morgan fingerprint density at radius 3 is 2.56 bits per heavy atom. The zero-order valence-electron chi connectivity index (χ0n) is 14.4. The number of aromatic nitrogens is 6. The minimum Gasteiger partial charge on any atom is -0.321 e.